The Morgan fingerprint density at radius 3 is 2.89 bits per heavy atom. The SMILES string of the molecule is O=Cc1c(Cl)ncnc1Nc1cc(Br)ccc1I. The van der Waals surface area contributed by atoms with Crippen LogP contribution in [0.15, 0.2) is 29.0 Å². The van der Waals surface area contributed by atoms with E-state index in [0.29, 0.717) is 12.1 Å². The number of halogens is 3. The van der Waals surface area contributed by atoms with Gasteiger partial charge in [-0.15, -0.1) is 0 Å². The van der Waals surface area contributed by atoms with Gasteiger partial charge in [-0.25, -0.2) is 9.97 Å². The van der Waals surface area contributed by atoms with Gasteiger partial charge in [-0.2, -0.15) is 0 Å². The van der Waals surface area contributed by atoms with E-state index in [-0.39, 0.29) is 10.7 Å². The molecule has 7 heteroatoms. The number of aldehydes is 1. The van der Waals surface area contributed by atoms with E-state index in [0.717, 1.165) is 13.7 Å². The van der Waals surface area contributed by atoms with E-state index in [2.05, 4.69) is 53.8 Å². The number of rotatable bonds is 3. The molecule has 0 radical (unpaired) electrons. The van der Waals surface area contributed by atoms with Gasteiger partial charge in [-0.05, 0) is 40.8 Å². The molecule has 92 valence electrons. The summed E-state index contributed by atoms with van der Waals surface area (Å²) in [6.45, 7) is 0. The first-order valence-electron chi connectivity index (χ1n) is 4.79. The molecule has 0 saturated carbocycles. The summed E-state index contributed by atoms with van der Waals surface area (Å²) < 4.78 is 1.93. The van der Waals surface area contributed by atoms with Crippen LogP contribution in [0.3, 0.4) is 0 Å². The van der Waals surface area contributed by atoms with Crippen LogP contribution in [0.2, 0.25) is 5.15 Å². The van der Waals surface area contributed by atoms with Gasteiger partial charge in [0.25, 0.3) is 0 Å². The van der Waals surface area contributed by atoms with Gasteiger partial charge >= 0.3 is 0 Å². The zero-order chi connectivity index (χ0) is 13.1. The van der Waals surface area contributed by atoms with Crippen LogP contribution in [0.5, 0.6) is 0 Å². The topological polar surface area (TPSA) is 54.9 Å². The number of nitrogens with one attached hydrogen (secondary N) is 1. The summed E-state index contributed by atoms with van der Waals surface area (Å²) in [4.78, 5) is 18.8. The Balaban J connectivity index is 2.43. The molecule has 2 rings (SSSR count). The first-order chi connectivity index (χ1) is 8.61. The van der Waals surface area contributed by atoms with Gasteiger partial charge in [0.1, 0.15) is 17.3 Å². The molecule has 4 nitrogen and oxygen atoms in total. The molecular formula is C11H6BrClIN3O. The fourth-order valence-electron chi connectivity index (χ4n) is 1.30. The number of hydrogen-bond acceptors (Lipinski definition) is 4. The predicted molar refractivity (Wildman–Crippen MR) is 82.6 cm³/mol. The van der Waals surface area contributed by atoms with Crippen molar-refractivity contribution in [2.75, 3.05) is 5.32 Å². The van der Waals surface area contributed by atoms with Gasteiger partial charge < -0.3 is 5.32 Å². The first-order valence-corrected chi connectivity index (χ1v) is 7.04. The van der Waals surface area contributed by atoms with E-state index in [1.165, 1.54) is 6.33 Å². The highest BCUT2D eigenvalue weighted by Crippen LogP contribution is 2.27. The molecule has 0 amide bonds. The lowest BCUT2D eigenvalue weighted by Crippen LogP contribution is -2.01. The molecule has 18 heavy (non-hydrogen) atoms. The van der Waals surface area contributed by atoms with Crippen molar-refractivity contribution >= 4 is 67.9 Å². The summed E-state index contributed by atoms with van der Waals surface area (Å²) in [5, 5.41) is 3.20. The van der Waals surface area contributed by atoms with Crippen molar-refractivity contribution in [3.8, 4) is 0 Å². The van der Waals surface area contributed by atoms with E-state index >= 15 is 0 Å². The van der Waals surface area contributed by atoms with E-state index in [1.807, 2.05) is 18.2 Å². The molecule has 0 atom stereocenters. The number of carbonyl (C=O) groups excluding carboxylic acids is 1. The highest BCUT2D eigenvalue weighted by molar-refractivity contribution is 14.1. The van der Waals surface area contributed by atoms with Gasteiger partial charge in [0.05, 0.1) is 11.3 Å². The highest BCUT2D eigenvalue weighted by atomic mass is 127. The monoisotopic (exact) mass is 437 g/mol. The maximum atomic E-state index is 11.0. The quantitative estimate of drug-likeness (QED) is 0.446. The molecule has 0 bridgehead atoms. The van der Waals surface area contributed by atoms with E-state index in [4.69, 9.17) is 11.6 Å². The van der Waals surface area contributed by atoms with E-state index in [1.54, 1.807) is 0 Å². The maximum absolute atomic E-state index is 11.0. The number of benzene rings is 1. The highest BCUT2D eigenvalue weighted by Gasteiger charge is 2.10. The second-order valence-electron chi connectivity index (χ2n) is 3.29. The molecule has 0 fully saturated rings. The summed E-state index contributed by atoms with van der Waals surface area (Å²) in [5.41, 5.74) is 1.08. The molecule has 2 aromatic rings. The maximum Gasteiger partial charge on any atom is 0.156 e. The van der Waals surface area contributed by atoms with Crippen LogP contribution >= 0.6 is 50.1 Å². The van der Waals surface area contributed by atoms with Crippen LogP contribution in [0.1, 0.15) is 10.4 Å². The smallest absolute Gasteiger partial charge is 0.156 e. The lowest BCUT2D eigenvalue weighted by Gasteiger charge is -2.10. The Bertz CT molecular complexity index is 609. The lowest BCUT2D eigenvalue weighted by molar-refractivity contribution is 0.112. The molecule has 1 heterocycles. The van der Waals surface area contributed by atoms with Crippen molar-refractivity contribution in [2.45, 2.75) is 0 Å². The summed E-state index contributed by atoms with van der Waals surface area (Å²) in [6, 6.07) is 5.77. The number of hydrogen-bond donors (Lipinski definition) is 1. The van der Waals surface area contributed by atoms with Crippen LogP contribution in [0, 0.1) is 3.57 Å². The third kappa shape index (κ3) is 2.99. The summed E-state index contributed by atoms with van der Waals surface area (Å²) in [5.74, 6) is 0.390. The molecule has 0 spiro atoms. The molecule has 0 aliphatic heterocycles. The Kier molecular flexibility index (Phi) is 4.52. The molecule has 1 aromatic carbocycles. The lowest BCUT2D eigenvalue weighted by atomic mass is 10.3. The molecule has 1 N–H and O–H groups in total. The fraction of sp³-hybridized carbons (Fsp3) is 0. The van der Waals surface area contributed by atoms with Gasteiger partial charge in [0.15, 0.2) is 6.29 Å². The van der Waals surface area contributed by atoms with Crippen molar-refractivity contribution in [2.24, 2.45) is 0 Å². The largest absolute Gasteiger partial charge is 0.339 e. The van der Waals surface area contributed by atoms with Crippen LogP contribution in [-0.2, 0) is 0 Å². The minimum Gasteiger partial charge on any atom is -0.339 e. The Labute approximate surface area is 130 Å². The summed E-state index contributed by atoms with van der Waals surface area (Å²) >= 11 is 11.4. The average molecular weight is 438 g/mol. The Morgan fingerprint density at radius 2 is 2.17 bits per heavy atom. The van der Waals surface area contributed by atoms with Gasteiger partial charge in [0.2, 0.25) is 0 Å². The normalized spacial score (nSPS) is 10.2. The minimum absolute atomic E-state index is 0.132. The second kappa shape index (κ2) is 5.94. The molecule has 0 aliphatic carbocycles. The van der Waals surface area contributed by atoms with E-state index in [9.17, 15) is 4.79 Å². The first kappa shape index (κ1) is 13.7. The van der Waals surface area contributed by atoms with Crippen LogP contribution in [-0.4, -0.2) is 16.3 Å². The number of aromatic nitrogens is 2. The zero-order valence-corrected chi connectivity index (χ0v) is 13.3. The van der Waals surface area contributed by atoms with Crippen LogP contribution in [0.25, 0.3) is 0 Å². The third-order valence-corrected chi connectivity index (χ3v) is 3.87. The zero-order valence-electron chi connectivity index (χ0n) is 8.82. The molecule has 0 unspecified atom stereocenters. The van der Waals surface area contributed by atoms with Crippen molar-refractivity contribution in [1.82, 2.24) is 9.97 Å². The van der Waals surface area contributed by atoms with Crippen molar-refractivity contribution in [1.29, 1.82) is 0 Å². The third-order valence-electron chi connectivity index (χ3n) is 2.13. The van der Waals surface area contributed by atoms with Gasteiger partial charge in [0, 0.05) is 8.04 Å². The standard InChI is InChI=1S/C11H6BrClIN3O/c12-6-1-2-8(14)9(3-6)17-11-7(4-18)10(13)15-5-16-11/h1-5H,(H,15,16,17). The van der Waals surface area contributed by atoms with Crippen molar-refractivity contribution in [3.05, 3.63) is 43.3 Å². The molecule has 0 aliphatic rings. The second-order valence-corrected chi connectivity index (χ2v) is 5.73. The van der Waals surface area contributed by atoms with Crippen molar-refractivity contribution < 1.29 is 4.79 Å². The number of nitrogens with zero attached hydrogens (tertiary/aromatic N) is 2. The van der Waals surface area contributed by atoms with Crippen molar-refractivity contribution in [3.63, 3.8) is 0 Å². The average Bonchev–Trinajstić information content (AvgIpc) is 2.34. The minimum atomic E-state index is 0.132. The van der Waals surface area contributed by atoms with Gasteiger partial charge in [-0.3, -0.25) is 4.79 Å². The Morgan fingerprint density at radius 1 is 1.39 bits per heavy atom. The Hall–Kier alpha value is -0.730. The number of anilines is 2. The molecule has 1 aromatic heterocycles. The van der Waals surface area contributed by atoms with Crippen LogP contribution < -0.4 is 5.32 Å². The van der Waals surface area contributed by atoms with Crippen LogP contribution in [0.4, 0.5) is 11.5 Å². The molecule has 0 saturated heterocycles. The predicted octanol–water partition coefficient (Wildman–Crippen LogP) is 4.05. The fourth-order valence-corrected chi connectivity index (χ4v) is 2.31. The molecular weight excluding hydrogens is 432 g/mol. The van der Waals surface area contributed by atoms with Gasteiger partial charge in [-0.1, -0.05) is 27.5 Å². The summed E-state index contributed by atoms with van der Waals surface area (Å²) in [6.07, 6.45) is 1.94. The van der Waals surface area contributed by atoms with E-state index < -0.39 is 0 Å². The number of carbonyl (C=O) groups is 1. The summed E-state index contributed by atoms with van der Waals surface area (Å²) in [7, 11) is 0.